The molecule has 0 bridgehead atoms. The van der Waals surface area contributed by atoms with Crippen LogP contribution >= 0.6 is 23.2 Å². The molecule has 1 aromatic carbocycles. The van der Waals surface area contributed by atoms with Crippen molar-refractivity contribution in [3.05, 3.63) is 39.9 Å². The minimum atomic E-state index is -0.971. The summed E-state index contributed by atoms with van der Waals surface area (Å²) in [5, 5.41) is 8.66. The first-order valence-electron chi connectivity index (χ1n) is 3.45. The van der Waals surface area contributed by atoms with Crippen LogP contribution in [0.5, 0.6) is 0 Å². The van der Waals surface area contributed by atoms with Crippen LogP contribution in [0.15, 0.2) is 28.8 Å². The summed E-state index contributed by atoms with van der Waals surface area (Å²) >= 11 is 10.8. The third-order valence-corrected chi connectivity index (χ3v) is 1.63. The van der Waals surface area contributed by atoms with Gasteiger partial charge in [-0.2, -0.15) is 0 Å². The fraction of sp³-hybridized carbons (Fsp3) is 0. The molecule has 1 rings (SSSR count). The van der Waals surface area contributed by atoms with Gasteiger partial charge in [-0.05, 0) is 23.8 Å². The van der Waals surface area contributed by atoms with Crippen LogP contribution in [0.3, 0.4) is 0 Å². The highest BCUT2D eigenvalue weighted by Crippen LogP contribution is 2.14. The normalized spacial score (nSPS) is 9.38. The number of hydrogen-bond acceptors (Lipinski definition) is 1. The molecule has 1 N–H and O–H groups in total. The lowest BCUT2D eigenvalue weighted by Gasteiger charge is -1.96. The summed E-state index contributed by atoms with van der Waals surface area (Å²) in [5.41, 5.74) is 0.878. The van der Waals surface area contributed by atoms with Crippen LogP contribution in [0.1, 0.15) is 15.9 Å². The highest BCUT2D eigenvalue weighted by atomic mass is 35.5. The third-order valence-electron chi connectivity index (χ3n) is 1.41. The fourth-order valence-corrected chi connectivity index (χ4v) is 1.14. The third kappa shape index (κ3) is 3.09. The maximum atomic E-state index is 10.6. The molecule has 0 unspecified atom stereocenters. The minimum Gasteiger partial charge on any atom is -0.478 e. The van der Waals surface area contributed by atoms with Gasteiger partial charge in [-0.1, -0.05) is 35.3 Å². The van der Waals surface area contributed by atoms with Crippen molar-refractivity contribution in [1.82, 2.24) is 0 Å². The molecule has 1 aromatic rings. The summed E-state index contributed by atoms with van der Waals surface area (Å²) in [6.07, 6.45) is 1.48. The highest BCUT2D eigenvalue weighted by molar-refractivity contribution is 6.57. The van der Waals surface area contributed by atoms with E-state index in [9.17, 15) is 4.79 Å². The van der Waals surface area contributed by atoms with Gasteiger partial charge in [0, 0.05) is 0 Å². The molecular weight excluding hydrogens is 211 g/mol. The molecule has 0 atom stereocenters. The first-order valence-corrected chi connectivity index (χ1v) is 4.21. The molecule has 0 radical (unpaired) electrons. The Balaban J connectivity index is 3.06. The molecular formula is C9H6Cl2O2. The molecule has 0 fully saturated rings. The van der Waals surface area contributed by atoms with Crippen molar-refractivity contribution in [3.8, 4) is 0 Å². The van der Waals surface area contributed by atoms with Crippen molar-refractivity contribution in [2.45, 2.75) is 0 Å². The Labute approximate surface area is 85.4 Å². The van der Waals surface area contributed by atoms with Crippen molar-refractivity contribution in [2.75, 3.05) is 0 Å². The SMILES string of the molecule is O=C(O)c1cccc(C=C(Cl)Cl)c1. The topological polar surface area (TPSA) is 37.3 Å². The number of benzene rings is 1. The molecule has 0 spiro atoms. The van der Waals surface area contributed by atoms with Crippen LogP contribution in [-0.2, 0) is 0 Å². The second kappa shape index (κ2) is 4.30. The average Bonchev–Trinajstić information content (AvgIpc) is 2.03. The van der Waals surface area contributed by atoms with Gasteiger partial charge < -0.3 is 5.11 Å². The molecule has 0 saturated carbocycles. The second-order valence-electron chi connectivity index (χ2n) is 2.36. The number of carboxylic acid groups (broad SMARTS) is 1. The highest BCUT2D eigenvalue weighted by Gasteiger charge is 2.01. The minimum absolute atomic E-state index is 0.0996. The maximum Gasteiger partial charge on any atom is 0.335 e. The van der Waals surface area contributed by atoms with E-state index >= 15 is 0 Å². The molecule has 2 nitrogen and oxygen atoms in total. The van der Waals surface area contributed by atoms with E-state index in [1.807, 2.05) is 0 Å². The molecule has 4 heteroatoms. The van der Waals surface area contributed by atoms with Crippen molar-refractivity contribution >= 4 is 35.2 Å². The van der Waals surface area contributed by atoms with Crippen LogP contribution in [0.2, 0.25) is 0 Å². The molecule has 0 saturated heterocycles. The van der Waals surface area contributed by atoms with Crippen molar-refractivity contribution in [3.63, 3.8) is 0 Å². The van der Waals surface area contributed by atoms with Crippen LogP contribution < -0.4 is 0 Å². The first kappa shape index (κ1) is 10.1. The summed E-state index contributed by atoms with van der Waals surface area (Å²) < 4.78 is 0.0996. The van der Waals surface area contributed by atoms with Gasteiger partial charge in [0.25, 0.3) is 0 Å². The van der Waals surface area contributed by atoms with Gasteiger partial charge in [-0.3, -0.25) is 0 Å². The Hall–Kier alpha value is -0.990. The Morgan fingerprint density at radius 2 is 2.08 bits per heavy atom. The Bertz CT molecular complexity index is 354. The number of rotatable bonds is 2. The van der Waals surface area contributed by atoms with Crippen LogP contribution in [0.4, 0.5) is 0 Å². The molecule has 0 aromatic heterocycles. The van der Waals surface area contributed by atoms with E-state index in [1.54, 1.807) is 12.1 Å². The van der Waals surface area contributed by atoms with E-state index < -0.39 is 5.97 Å². The monoisotopic (exact) mass is 216 g/mol. The summed E-state index contributed by atoms with van der Waals surface area (Å²) in [7, 11) is 0. The summed E-state index contributed by atoms with van der Waals surface area (Å²) in [4.78, 5) is 10.6. The lowest BCUT2D eigenvalue weighted by Crippen LogP contribution is -1.95. The number of hydrogen-bond donors (Lipinski definition) is 1. The van der Waals surface area contributed by atoms with Crippen molar-refractivity contribution < 1.29 is 9.90 Å². The van der Waals surface area contributed by atoms with Gasteiger partial charge in [0.2, 0.25) is 0 Å². The predicted octanol–water partition coefficient (Wildman–Crippen LogP) is 3.16. The first-order chi connectivity index (χ1) is 6.09. The van der Waals surface area contributed by atoms with E-state index in [0.717, 1.165) is 0 Å². The number of aromatic carboxylic acids is 1. The summed E-state index contributed by atoms with van der Waals surface area (Å²) in [6, 6.07) is 6.35. The Morgan fingerprint density at radius 3 is 2.62 bits per heavy atom. The fourth-order valence-electron chi connectivity index (χ4n) is 0.887. The molecule has 0 heterocycles. The lowest BCUT2D eigenvalue weighted by molar-refractivity contribution is 0.0697. The lowest BCUT2D eigenvalue weighted by atomic mass is 10.1. The zero-order chi connectivity index (χ0) is 9.84. The van der Waals surface area contributed by atoms with E-state index in [-0.39, 0.29) is 10.1 Å². The maximum absolute atomic E-state index is 10.6. The Morgan fingerprint density at radius 1 is 1.38 bits per heavy atom. The predicted molar refractivity (Wildman–Crippen MR) is 53.1 cm³/mol. The van der Waals surface area contributed by atoms with Crippen LogP contribution in [0, 0.1) is 0 Å². The van der Waals surface area contributed by atoms with Crippen LogP contribution in [0.25, 0.3) is 6.08 Å². The summed E-state index contributed by atoms with van der Waals surface area (Å²) in [5.74, 6) is -0.971. The van der Waals surface area contributed by atoms with E-state index in [4.69, 9.17) is 28.3 Å². The van der Waals surface area contributed by atoms with E-state index in [0.29, 0.717) is 5.56 Å². The van der Waals surface area contributed by atoms with Crippen molar-refractivity contribution in [2.24, 2.45) is 0 Å². The quantitative estimate of drug-likeness (QED) is 0.825. The Kier molecular flexibility index (Phi) is 3.34. The van der Waals surface area contributed by atoms with E-state index in [1.165, 1.54) is 18.2 Å². The standard InChI is InChI=1S/C9H6Cl2O2/c10-8(11)5-6-2-1-3-7(4-6)9(12)13/h1-5H,(H,12,13). The number of halogens is 2. The zero-order valence-electron chi connectivity index (χ0n) is 6.50. The van der Waals surface area contributed by atoms with Gasteiger partial charge in [-0.15, -0.1) is 0 Å². The molecule has 13 heavy (non-hydrogen) atoms. The van der Waals surface area contributed by atoms with Gasteiger partial charge in [0.1, 0.15) is 4.49 Å². The zero-order valence-corrected chi connectivity index (χ0v) is 8.01. The average molecular weight is 217 g/mol. The van der Waals surface area contributed by atoms with E-state index in [2.05, 4.69) is 0 Å². The second-order valence-corrected chi connectivity index (χ2v) is 3.37. The summed E-state index contributed by atoms with van der Waals surface area (Å²) in [6.45, 7) is 0. The van der Waals surface area contributed by atoms with Gasteiger partial charge in [0.05, 0.1) is 5.56 Å². The molecule has 68 valence electrons. The largest absolute Gasteiger partial charge is 0.478 e. The van der Waals surface area contributed by atoms with Gasteiger partial charge in [0.15, 0.2) is 0 Å². The molecule has 0 aliphatic rings. The van der Waals surface area contributed by atoms with Crippen LogP contribution in [-0.4, -0.2) is 11.1 Å². The smallest absolute Gasteiger partial charge is 0.335 e. The van der Waals surface area contributed by atoms with Gasteiger partial charge >= 0.3 is 5.97 Å². The molecule has 0 amide bonds. The molecule has 0 aliphatic heterocycles. The van der Waals surface area contributed by atoms with Crippen molar-refractivity contribution in [1.29, 1.82) is 0 Å². The van der Waals surface area contributed by atoms with Gasteiger partial charge in [-0.25, -0.2) is 4.79 Å². The number of carboxylic acids is 1. The number of carbonyl (C=O) groups is 1. The molecule has 0 aliphatic carbocycles.